The molecule has 6 unspecified atom stereocenters. The van der Waals surface area contributed by atoms with Gasteiger partial charge in [0, 0.05) is 71.6 Å². The van der Waals surface area contributed by atoms with Gasteiger partial charge in [0.25, 0.3) is 0 Å². The number of carbonyl (C=O) groups is 9. The monoisotopic (exact) mass is 1650 g/mol. The van der Waals surface area contributed by atoms with E-state index in [0.29, 0.717) is 110 Å². The van der Waals surface area contributed by atoms with Crippen molar-refractivity contribution in [2.24, 2.45) is 10.8 Å². The predicted octanol–water partition coefficient (Wildman–Crippen LogP) is -1.18. The van der Waals surface area contributed by atoms with Crippen molar-refractivity contribution in [3.05, 3.63) is 114 Å². The van der Waals surface area contributed by atoms with Crippen LogP contribution in [0.25, 0.3) is 0 Å². The van der Waals surface area contributed by atoms with Crippen LogP contribution in [0.1, 0.15) is 71.1 Å². The molecule has 0 aliphatic rings. The zero-order chi connectivity index (χ0) is 86.4. The van der Waals surface area contributed by atoms with E-state index in [0.717, 1.165) is 18.2 Å². The van der Waals surface area contributed by atoms with Crippen molar-refractivity contribution >= 4 is 53.2 Å². The third-order valence-corrected chi connectivity index (χ3v) is 15.5. The average Bonchev–Trinajstić information content (AvgIpc) is 0.876. The third kappa shape index (κ3) is 71.2. The van der Waals surface area contributed by atoms with Crippen LogP contribution in [0.5, 0.6) is 0 Å². The molecule has 0 saturated carbocycles. The van der Waals surface area contributed by atoms with Crippen molar-refractivity contribution in [1.82, 2.24) is 47.9 Å². The third-order valence-electron chi connectivity index (χ3n) is 15.5. The Morgan fingerprint density at radius 3 is 0.791 bits per heavy atom. The minimum Gasteiger partial charge on any atom is -0.391 e. The summed E-state index contributed by atoms with van der Waals surface area (Å²) in [5, 5.41) is 84.0. The van der Waals surface area contributed by atoms with Gasteiger partial charge in [-0.2, -0.15) is 0 Å². The first-order chi connectivity index (χ1) is 55.2. The number of aliphatic hydroxyl groups excluding tert-OH is 6. The molecule has 0 aliphatic carbocycles. The van der Waals surface area contributed by atoms with Crippen LogP contribution < -0.4 is 47.9 Å². The highest BCUT2D eigenvalue weighted by molar-refractivity contribution is 5.89. The number of hydrogen-bond acceptors (Lipinski definition) is 28. The Bertz CT molecular complexity index is 2480. The topological polar surface area (TPSA) is 503 Å². The molecule has 6 atom stereocenters. The first kappa shape index (κ1) is 111. The second kappa shape index (κ2) is 77.4. The molecule has 115 heavy (non-hydrogen) atoms. The van der Waals surface area contributed by atoms with Gasteiger partial charge in [-0.25, -0.2) is 0 Å². The van der Waals surface area contributed by atoms with Gasteiger partial charge in [0.1, 0.15) is 26.3 Å². The van der Waals surface area contributed by atoms with Crippen LogP contribution in [-0.2, 0) is 105 Å². The lowest BCUT2D eigenvalue weighted by molar-refractivity contribution is -0.119. The molecule has 0 fully saturated rings. The Kier molecular flexibility index (Phi) is 74.9. The maximum atomic E-state index is 11.2. The Morgan fingerprint density at radius 1 is 0.287 bits per heavy atom. The Labute approximate surface area is 677 Å². The van der Waals surface area contributed by atoms with Crippen LogP contribution >= 0.6 is 0 Å². The van der Waals surface area contributed by atoms with E-state index in [1.165, 1.54) is 36.5 Å². The van der Waals surface area contributed by atoms with Crippen molar-refractivity contribution in [1.29, 1.82) is 0 Å². The van der Waals surface area contributed by atoms with Crippen LogP contribution in [0.3, 0.4) is 0 Å². The normalized spacial score (nSPS) is 13.3. The molecular formula is C78H135N9O28. The van der Waals surface area contributed by atoms with Crippen LogP contribution in [0.2, 0.25) is 0 Å². The highest BCUT2D eigenvalue weighted by Crippen LogP contribution is 2.25. The summed E-state index contributed by atoms with van der Waals surface area (Å²) in [6.45, 7) is 38.2. The molecule has 0 aromatic carbocycles. The van der Waals surface area contributed by atoms with E-state index in [2.05, 4.69) is 107 Å². The van der Waals surface area contributed by atoms with E-state index in [9.17, 15) is 73.8 Å². The predicted molar refractivity (Wildman–Crippen MR) is 428 cm³/mol. The second-order valence-corrected chi connectivity index (χ2v) is 25.6. The fraction of sp³-hybridized carbons (Fsp3) is 0.654. The number of methoxy groups -OCH3 is 1. The maximum Gasteiger partial charge on any atom is 0.245 e. The summed E-state index contributed by atoms with van der Waals surface area (Å²) >= 11 is 0. The van der Waals surface area contributed by atoms with E-state index in [-0.39, 0.29) is 205 Å². The van der Waals surface area contributed by atoms with Crippen molar-refractivity contribution in [3.8, 4) is 0 Å². The van der Waals surface area contributed by atoms with Crippen LogP contribution in [0.15, 0.2) is 114 Å². The highest BCUT2D eigenvalue weighted by Gasteiger charge is 2.33. The zero-order valence-electron chi connectivity index (χ0n) is 67.6. The summed E-state index contributed by atoms with van der Waals surface area (Å²) in [6, 6.07) is 0. The molecule has 0 aromatic heterocycles. The van der Waals surface area contributed by atoms with Gasteiger partial charge >= 0.3 is 0 Å². The fourth-order valence-corrected chi connectivity index (χ4v) is 8.93. The number of aliphatic hydroxyl groups is 6. The van der Waals surface area contributed by atoms with Gasteiger partial charge in [-0.1, -0.05) is 66.1 Å². The summed E-state index contributed by atoms with van der Waals surface area (Å²) in [6.07, 6.45) is 9.82. The van der Waals surface area contributed by atoms with Crippen LogP contribution in [0, 0.1) is 10.8 Å². The van der Waals surface area contributed by atoms with Gasteiger partial charge in [-0.3, -0.25) is 43.2 Å². The van der Waals surface area contributed by atoms with Crippen LogP contribution in [-0.4, -0.2) is 332 Å². The Morgan fingerprint density at radius 2 is 0.522 bits per heavy atom. The summed E-state index contributed by atoms with van der Waals surface area (Å²) in [5.74, 6) is -2.76. The standard InChI is InChI=1S/C30H53N3O12.C27H47N3O9.C21H35N3O7/c1-5-27(37)31-21-43-15-24(34)9-12-40-18-30(8-4,19-41-13-10-25(35)16-44-22-32-28(38)6-2)20-42-14-11-26(36)17-45-23-33-29(39)7-3;1-4-25(34)28-13-7-10-21(31)16-37-19-24(39-18-23(33)12-9-15-30-27(36)6-3)20-38-17-22(32)11-8-14-29-26(35)5-2;1-5-18(25)22-8-11-29-15-21(14-28-4,16-30-12-9-23-19(26)6-2)17-31-13-10-24-20(27)7-3/h5-7,24-26,34-36H,1-3,8-23H2,4H3,(H,31,37)(H,32,38)(H,33,39);4-6,21-24,31-33H,1-3,7-20H2,(H,28,34)(H,29,35)(H,30,36);5-7H,1-3,8-17H2,4H3,(H,22,25)(H,23,26)(H,24,27). The highest BCUT2D eigenvalue weighted by atomic mass is 16.6. The molecule has 9 amide bonds. The number of amides is 9. The molecule has 0 radical (unpaired) electrons. The zero-order valence-corrected chi connectivity index (χ0v) is 67.6. The number of ether oxygens (including phenoxy) is 13. The molecule has 15 N–H and O–H groups in total. The Hall–Kier alpha value is -7.87. The molecule has 0 bridgehead atoms. The molecule has 0 rings (SSSR count). The van der Waals surface area contributed by atoms with Crippen molar-refractivity contribution in [2.75, 3.05) is 205 Å². The fourth-order valence-electron chi connectivity index (χ4n) is 8.93. The quantitative estimate of drug-likeness (QED) is 0.0194. The largest absolute Gasteiger partial charge is 0.391 e. The number of carbonyl (C=O) groups excluding carboxylic acids is 9. The average molecular weight is 1650 g/mol. The van der Waals surface area contributed by atoms with Gasteiger partial charge in [0.15, 0.2) is 0 Å². The van der Waals surface area contributed by atoms with E-state index >= 15 is 0 Å². The van der Waals surface area contributed by atoms with E-state index < -0.39 is 53.6 Å². The summed E-state index contributed by atoms with van der Waals surface area (Å²) in [4.78, 5) is 100. The van der Waals surface area contributed by atoms with E-state index in [1.54, 1.807) is 7.11 Å². The van der Waals surface area contributed by atoms with Gasteiger partial charge < -0.3 is 140 Å². The number of rotatable bonds is 77. The minimum atomic E-state index is -0.795. The maximum absolute atomic E-state index is 11.2. The Balaban J connectivity index is -0.00000166. The smallest absolute Gasteiger partial charge is 0.245 e. The minimum absolute atomic E-state index is 0.0178. The van der Waals surface area contributed by atoms with Crippen molar-refractivity contribution < 1.29 is 135 Å². The molecule has 660 valence electrons. The van der Waals surface area contributed by atoms with Gasteiger partial charge in [0.05, 0.1) is 161 Å². The number of nitrogens with one attached hydrogen (secondary N) is 9. The molecule has 37 nitrogen and oxygen atoms in total. The molecule has 0 aliphatic heterocycles. The molecular weight excluding hydrogens is 1510 g/mol. The summed E-state index contributed by atoms with van der Waals surface area (Å²) < 4.78 is 72.8. The molecule has 0 heterocycles. The first-order valence-corrected chi connectivity index (χ1v) is 37.9. The lowest BCUT2D eigenvalue weighted by Crippen LogP contribution is -2.43. The summed E-state index contributed by atoms with van der Waals surface area (Å²) in [5.41, 5.74) is -1.18. The number of hydrogen-bond donors (Lipinski definition) is 15. The molecule has 37 heteroatoms. The van der Waals surface area contributed by atoms with Gasteiger partial charge in [-0.15, -0.1) is 0 Å². The van der Waals surface area contributed by atoms with Crippen LogP contribution in [0.4, 0.5) is 0 Å². The van der Waals surface area contributed by atoms with E-state index in [4.69, 9.17) is 61.6 Å². The van der Waals surface area contributed by atoms with Crippen molar-refractivity contribution in [3.63, 3.8) is 0 Å². The lowest BCUT2D eigenvalue weighted by atomic mass is 9.88. The molecule has 0 spiro atoms. The SMILES string of the molecule is C=CC(=O)NCCCC(O)COCC(COCC(O)CCCNC(=O)C=C)OCC(O)CCCNC(=O)C=C.C=CC(=O)NCCOCC(COC)(COCCNC(=O)C=C)COCCNC(=O)C=C.C=CC(=O)NCOCC(O)CCOCC(CC)(COCCC(O)COCNC(=O)C=C)COCCC(O)COCNC(=O)C=C. The molecule has 0 aromatic rings. The van der Waals surface area contributed by atoms with Crippen molar-refractivity contribution in [2.45, 2.75) is 114 Å². The first-order valence-electron chi connectivity index (χ1n) is 37.9. The second-order valence-electron chi connectivity index (χ2n) is 25.6. The van der Waals surface area contributed by atoms with Gasteiger partial charge in [0.2, 0.25) is 53.2 Å². The lowest BCUT2D eigenvalue weighted by Gasteiger charge is -2.32. The van der Waals surface area contributed by atoms with E-state index in [1.807, 2.05) is 6.92 Å². The molecule has 0 saturated heterocycles. The summed E-state index contributed by atoms with van der Waals surface area (Å²) in [7, 11) is 1.56. The van der Waals surface area contributed by atoms with Gasteiger partial charge in [-0.05, 0) is 119 Å².